The van der Waals surface area contributed by atoms with E-state index in [4.69, 9.17) is 4.74 Å². The number of aryl methyl sites for hydroxylation is 1. The summed E-state index contributed by atoms with van der Waals surface area (Å²) < 4.78 is 5.43. The lowest BCUT2D eigenvalue weighted by molar-refractivity contribution is -0.121. The number of ether oxygens (including phenoxy) is 1. The Morgan fingerprint density at radius 1 is 1.32 bits per heavy atom. The molecule has 2 heterocycles. The Balaban J connectivity index is 1.56. The minimum atomic E-state index is -0.00317. The number of hydrogen-bond donors (Lipinski definition) is 1. The second kappa shape index (κ2) is 6.43. The number of aromatic nitrogens is 2. The number of carbonyl (C=O) groups excluding carboxylic acids is 1. The van der Waals surface area contributed by atoms with Crippen molar-refractivity contribution >= 4 is 17.4 Å². The zero-order chi connectivity index (χ0) is 15.4. The molecule has 1 N–H and O–H groups in total. The van der Waals surface area contributed by atoms with Gasteiger partial charge in [0.05, 0.1) is 5.69 Å². The van der Waals surface area contributed by atoms with Crippen LogP contribution in [0.3, 0.4) is 0 Å². The number of fused-ring (bicyclic) bond motifs is 1. The number of hydrogen-bond acceptors (Lipinski definition) is 5. The van der Waals surface area contributed by atoms with Crippen LogP contribution in [-0.4, -0.2) is 35.6 Å². The summed E-state index contributed by atoms with van der Waals surface area (Å²) in [6, 6.07) is 9.51. The SMILES string of the molecule is Cc1cc(NCCCN2C(=O)COc3ccccc32)ncn1. The molecule has 0 saturated carbocycles. The van der Waals surface area contributed by atoms with Crippen molar-refractivity contribution in [3.05, 3.63) is 42.4 Å². The summed E-state index contributed by atoms with van der Waals surface area (Å²) in [5.74, 6) is 1.57. The van der Waals surface area contributed by atoms with E-state index in [0.29, 0.717) is 6.54 Å². The minimum absolute atomic E-state index is 0.00317. The normalized spacial score (nSPS) is 13.5. The number of carbonyl (C=O) groups is 1. The summed E-state index contributed by atoms with van der Waals surface area (Å²) >= 11 is 0. The molecule has 0 unspecified atom stereocenters. The summed E-state index contributed by atoms with van der Waals surface area (Å²) in [4.78, 5) is 22.0. The molecule has 0 bridgehead atoms. The highest BCUT2D eigenvalue weighted by Gasteiger charge is 2.24. The zero-order valence-corrected chi connectivity index (χ0v) is 12.5. The Kier molecular flexibility index (Phi) is 4.18. The van der Waals surface area contributed by atoms with Crippen molar-refractivity contribution in [1.29, 1.82) is 0 Å². The van der Waals surface area contributed by atoms with E-state index in [0.717, 1.165) is 35.9 Å². The van der Waals surface area contributed by atoms with Crippen molar-refractivity contribution in [3.8, 4) is 5.75 Å². The first kappa shape index (κ1) is 14.3. The first-order valence-electron chi connectivity index (χ1n) is 7.29. The van der Waals surface area contributed by atoms with Crippen LogP contribution in [0, 0.1) is 6.92 Å². The van der Waals surface area contributed by atoms with Crippen LogP contribution in [0.25, 0.3) is 0 Å². The highest BCUT2D eigenvalue weighted by molar-refractivity contribution is 5.97. The van der Waals surface area contributed by atoms with E-state index < -0.39 is 0 Å². The van der Waals surface area contributed by atoms with Crippen LogP contribution < -0.4 is 15.0 Å². The first-order chi connectivity index (χ1) is 10.7. The van der Waals surface area contributed by atoms with Gasteiger partial charge in [0.15, 0.2) is 6.61 Å². The van der Waals surface area contributed by atoms with Gasteiger partial charge in [-0.2, -0.15) is 0 Å². The lowest BCUT2D eigenvalue weighted by Crippen LogP contribution is -2.39. The monoisotopic (exact) mass is 298 g/mol. The van der Waals surface area contributed by atoms with Gasteiger partial charge < -0.3 is 15.0 Å². The van der Waals surface area contributed by atoms with Crippen molar-refractivity contribution < 1.29 is 9.53 Å². The number of amides is 1. The Morgan fingerprint density at radius 2 is 2.18 bits per heavy atom. The molecular formula is C16H18N4O2. The average molecular weight is 298 g/mol. The third kappa shape index (κ3) is 3.16. The molecule has 2 aromatic rings. The Bertz CT molecular complexity index is 675. The Labute approximate surface area is 129 Å². The fraction of sp³-hybridized carbons (Fsp3) is 0.312. The van der Waals surface area contributed by atoms with Gasteiger partial charge in [0.25, 0.3) is 5.91 Å². The van der Waals surface area contributed by atoms with Gasteiger partial charge in [-0.25, -0.2) is 9.97 Å². The quantitative estimate of drug-likeness (QED) is 0.855. The van der Waals surface area contributed by atoms with Crippen molar-refractivity contribution in [2.24, 2.45) is 0 Å². The van der Waals surface area contributed by atoms with Gasteiger partial charge in [-0.1, -0.05) is 12.1 Å². The predicted octanol–water partition coefficient (Wildman–Crippen LogP) is 2.01. The fourth-order valence-electron chi connectivity index (χ4n) is 2.40. The molecule has 0 saturated heterocycles. The van der Waals surface area contributed by atoms with Gasteiger partial charge in [0, 0.05) is 24.8 Å². The average Bonchev–Trinajstić information content (AvgIpc) is 2.53. The molecule has 0 atom stereocenters. The molecule has 1 aromatic carbocycles. The largest absolute Gasteiger partial charge is 0.482 e. The number of nitrogens with one attached hydrogen (secondary N) is 1. The molecule has 1 aliphatic rings. The summed E-state index contributed by atoms with van der Waals surface area (Å²) in [6.45, 7) is 3.42. The molecule has 6 heteroatoms. The van der Waals surface area contributed by atoms with Gasteiger partial charge in [-0.3, -0.25) is 4.79 Å². The van der Waals surface area contributed by atoms with Crippen LogP contribution >= 0.6 is 0 Å². The van der Waals surface area contributed by atoms with E-state index in [2.05, 4.69) is 15.3 Å². The summed E-state index contributed by atoms with van der Waals surface area (Å²) in [7, 11) is 0. The molecule has 1 aromatic heterocycles. The zero-order valence-electron chi connectivity index (χ0n) is 12.5. The summed E-state index contributed by atoms with van der Waals surface area (Å²) in [5.41, 5.74) is 1.77. The molecule has 22 heavy (non-hydrogen) atoms. The second-order valence-electron chi connectivity index (χ2n) is 5.13. The molecule has 0 aliphatic carbocycles. The highest BCUT2D eigenvalue weighted by Crippen LogP contribution is 2.31. The molecule has 0 fully saturated rings. The van der Waals surface area contributed by atoms with E-state index in [1.54, 1.807) is 11.2 Å². The van der Waals surface area contributed by atoms with Crippen molar-refractivity contribution in [1.82, 2.24) is 9.97 Å². The smallest absolute Gasteiger partial charge is 0.265 e. The molecule has 1 amide bonds. The second-order valence-corrected chi connectivity index (χ2v) is 5.13. The van der Waals surface area contributed by atoms with Crippen molar-refractivity contribution in [3.63, 3.8) is 0 Å². The van der Waals surface area contributed by atoms with Gasteiger partial charge in [0.1, 0.15) is 17.9 Å². The fourth-order valence-corrected chi connectivity index (χ4v) is 2.40. The molecule has 6 nitrogen and oxygen atoms in total. The lowest BCUT2D eigenvalue weighted by atomic mass is 10.2. The lowest BCUT2D eigenvalue weighted by Gasteiger charge is -2.29. The third-order valence-corrected chi connectivity index (χ3v) is 3.48. The van der Waals surface area contributed by atoms with Crippen LogP contribution in [0.4, 0.5) is 11.5 Å². The van der Waals surface area contributed by atoms with E-state index >= 15 is 0 Å². The van der Waals surface area contributed by atoms with Crippen LogP contribution in [0.1, 0.15) is 12.1 Å². The molecule has 0 spiro atoms. The van der Waals surface area contributed by atoms with Crippen LogP contribution in [-0.2, 0) is 4.79 Å². The van der Waals surface area contributed by atoms with E-state index in [-0.39, 0.29) is 12.5 Å². The van der Waals surface area contributed by atoms with Crippen molar-refractivity contribution in [2.75, 3.05) is 29.9 Å². The molecule has 0 radical (unpaired) electrons. The van der Waals surface area contributed by atoms with Gasteiger partial charge in [-0.05, 0) is 25.5 Å². The number of anilines is 2. The summed E-state index contributed by atoms with van der Waals surface area (Å²) in [6.07, 6.45) is 2.36. The van der Waals surface area contributed by atoms with Crippen LogP contribution in [0.2, 0.25) is 0 Å². The highest BCUT2D eigenvalue weighted by atomic mass is 16.5. The first-order valence-corrected chi connectivity index (χ1v) is 7.29. The van der Waals surface area contributed by atoms with E-state index in [1.807, 2.05) is 37.3 Å². The number of rotatable bonds is 5. The van der Waals surface area contributed by atoms with Gasteiger partial charge in [0.2, 0.25) is 0 Å². The number of nitrogens with zero attached hydrogens (tertiary/aromatic N) is 3. The number of para-hydroxylation sites is 2. The predicted molar refractivity (Wildman–Crippen MR) is 84.2 cm³/mol. The topological polar surface area (TPSA) is 67.4 Å². The minimum Gasteiger partial charge on any atom is -0.482 e. The maximum atomic E-state index is 12.0. The van der Waals surface area contributed by atoms with Crippen molar-refractivity contribution in [2.45, 2.75) is 13.3 Å². The van der Waals surface area contributed by atoms with Gasteiger partial charge in [-0.15, -0.1) is 0 Å². The van der Waals surface area contributed by atoms with Gasteiger partial charge >= 0.3 is 0 Å². The summed E-state index contributed by atoms with van der Waals surface area (Å²) in [5, 5.41) is 3.24. The Hall–Kier alpha value is -2.63. The third-order valence-electron chi connectivity index (χ3n) is 3.48. The molecule has 3 rings (SSSR count). The molecule has 1 aliphatic heterocycles. The maximum Gasteiger partial charge on any atom is 0.265 e. The standard InChI is InChI=1S/C16H18N4O2/c1-12-9-15(19-11-18-12)17-7-4-8-20-13-5-2-3-6-14(13)22-10-16(20)21/h2-3,5-6,9,11H,4,7-8,10H2,1H3,(H,17,18,19). The van der Waals surface area contributed by atoms with E-state index in [9.17, 15) is 4.79 Å². The number of benzene rings is 1. The van der Waals surface area contributed by atoms with Crippen LogP contribution in [0.5, 0.6) is 5.75 Å². The molecule has 114 valence electrons. The maximum absolute atomic E-state index is 12.0. The van der Waals surface area contributed by atoms with Crippen LogP contribution in [0.15, 0.2) is 36.7 Å². The molecular weight excluding hydrogens is 280 g/mol. The Morgan fingerprint density at radius 3 is 3.05 bits per heavy atom. The van der Waals surface area contributed by atoms with E-state index in [1.165, 1.54) is 0 Å².